The third-order valence-electron chi connectivity index (χ3n) is 4.96. The third-order valence-corrected chi connectivity index (χ3v) is 4.96. The first kappa shape index (κ1) is 16.8. The molecule has 24 heavy (non-hydrogen) atoms. The molecule has 0 N–H and O–H groups in total. The monoisotopic (exact) mass is 333 g/mol. The number of likely N-dealkylation sites (tertiary alicyclic amines) is 1. The van der Waals surface area contributed by atoms with Crippen LogP contribution in [0.3, 0.4) is 0 Å². The van der Waals surface area contributed by atoms with E-state index in [-0.39, 0.29) is 30.5 Å². The molecule has 0 bridgehead atoms. The normalized spacial score (nSPS) is 28.5. The highest BCUT2D eigenvalue weighted by Gasteiger charge is 2.58. The van der Waals surface area contributed by atoms with E-state index in [1.807, 2.05) is 36.1 Å². The molecule has 0 unspecified atom stereocenters. The fourth-order valence-corrected chi connectivity index (χ4v) is 4.05. The summed E-state index contributed by atoms with van der Waals surface area (Å²) in [5.41, 5.74) is 1.01. The van der Waals surface area contributed by atoms with Crippen LogP contribution < -0.4 is 4.74 Å². The van der Waals surface area contributed by atoms with Gasteiger partial charge in [0.15, 0.2) is 0 Å². The molecule has 6 nitrogen and oxygen atoms in total. The number of nitrogens with zero attached hydrogens (tertiary/aromatic N) is 1. The second-order valence-electron chi connectivity index (χ2n) is 6.03. The van der Waals surface area contributed by atoms with Crippen molar-refractivity contribution in [3.63, 3.8) is 0 Å². The zero-order valence-corrected chi connectivity index (χ0v) is 14.2. The van der Waals surface area contributed by atoms with Crippen molar-refractivity contribution in [3.05, 3.63) is 29.8 Å². The Morgan fingerprint density at radius 2 is 2.00 bits per heavy atom. The van der Waals surface area contributed by atoms with Gasteiger partial charge in [-0.1, -0.05) is 25.1 Å². The van der Waals surface area contributed by atoms with E-state index >= 15 is 0 Å². The third kappa shape index (κ3) is 2.55. The van der Waals surface area contributed by atoms with E-state index < -0.39 is 12.0 Å². The van der Waals surface area contributed by atoms with Crippen LogP contribution in [0.4, 0.5) is 0 Å². The Bertz CT molecular complexity index is 632. The van der Waals surface area contributed by atoms with Crippen LogP contribution in [0, 0.1) is 11.8 Å². The van der Waals surface area contributed by atoms with Gasteiger partial charge in [-0.25, -0.2) is 0 Å². The van der Waals surface area contributed by atoms with Gasteiger partial charge in [0, 0.05) is 17.5 Å². The van der Waals surface area contributed by atoms with Gasteiger partial charge in [0.2, 0.25) is 0 Å². The van der Waals surface area contributed by atoms with Gasteiger partial charge in [0.05, 0.1) is 26.2 Å². The van der Waals surface area contributed by atoms with Gasteiger partial charge in [-0.05, 0) is 19.5 Å². The first-order chi connectivity index (χ1) is 11.6. The minimum atomic E-state index is -0.646. The lowest BCUT2D eigenvalue weighted by molar-refractivity contribution is -0.158. The summed E-state index contributed by atoms with van der Waals surface area (Å²) in [7, 11) is 1.35. The van der Waals surface area contributed by atoms with Crippen molar-refractivity contribution in [1.29, 1.82) is 0 Å². The topological polar surface area (TPSA) is 65.1 Å². The van der Waals surface area contributed by atoms with Gasteiger partial charge in [0.1, 0.15) is 11.8 Å². The van der Waals surface area contributed by atoms with Gasteiger partial charge in [0.25, 0.3) is 0 Å². The number of likely N-dealkylation sites (N-methyl/N-ethyl adjacent to an activating group) is 1. The van der Waals surface area contributed by atoms with E-state index in [9.17, 15) is 9.59 Å². The van der Waals surface area contributed by atoms with Crippen molar-refractivity contribution in [2.45, 2.75) is 25.9 Å². The fourth-order valence-electron chi connectivity index (χ4n) is 4.05. The minimum absolute atomic E-state index is 0.0570. The summed E-state index contributed by atoms with van der Waals surface area (Å²) in [4.78, 5) is 27.1. The van der Waals surface area contributed by atoms with Crippen LogP contribution in [0.15, 0.2) is 24.3 Å². The molecule has 2 aliphatic heterocycles. The molecule has 0 spiro atoms. The number of fused-ring (bicyclic) bond motifs is 3. The Labute approximate surface area is 141 Å². The number of carbonyl (C=O) groups excluding carboxylic acids is 2. The van der Waals surface area contributed by atoms with E-state index in [2.05, 4.69) is 0 Å². The number of rotatable bonds is 4. The Balaban J connectivity index is 2.06. The van der Waals surface area contributed by atoms with Crippen molar-refractivity contribution in [2.75, 3.05) is 26.9 Å². The Morgan fingerprint density at radius 1 is 1.25 bits per heavy atom. The van der Waals surface area contributed by atoms with Gasteiger partial charge in [-0.3, -0.25) is 14.5 Å². The molecule has 6 heteroatoms. The molecule has 2 aliphatic rings. The molecule has 0 aromatic heterocycles. The van der Waals surface area contributed by atoms with Crippen LogP contribution in [0.5, 0.6) is 5.75 Å². The number of benzene rings is 1. The second kappa shape index (κ2) is 6.81. The highest BCUT2D eigenvalue weighted by atomic mass is 16.5. The smallest absolute Gasteiger partial charge is 0.324 e. The first-order valence-corrected chi connectivity index (χ1v) is 8.35. The van der Waals surface area contributed by atoms with Crippen molar-refractivity contribution in [3.8, 4) is 5.75 Å². The number of carbonyl (C=O) groups is 2. The quantitative estimate of drug-likeness (QED) is 0.783. The predicted octanol–water partition coefficient (Wildman–Crippen LogP) is 1.79. The summed E-state index contributed by atoms with van der Waals surface area (Å²) in [5, 5.41) is 0. The van der Waals surface area contributed by atoms with Crippen LogP contribution in [-0.4, -0.2) is 49.7 Å². The van der Waals surface area contributed by atoms with Crippen molar-refractivity contribution in [2.24, 2.45) is 11.8 Å². The van der Waals surface area contributed by atoms with E-state index in [0.717, 1.165) is 11.3 Å². The molecule has 1 fully saturated rings. The molecule has 130 valence electrons. The predicted molar refractivity (Wildman–Crippen MR) is 86.5 cm³/mol. The molecule has 3 rings (SSSR count). The molecule has 0 aliphatic carbocycles. The lowest BCUT2D eigenvalue weighted by Crippen LogP contribution is -2.44. The maximum atomic E-state index is 12.6. The van der Waals surface area contributed by atoms with Crippen molar-refractivity contribution < 1.29 is 23.8 Å². The number of hydrogen-bond acceptors (Lipinski definition) is 6. The van der Waals surface area contributed by atoms with Crippen LogP contribution in [0.1, 0.15) is 25.5 Å². The number of hydrogen-bond donors (Lipinski definition) is 0. The second-order valence-corrected chi connectivity index (χ2v) is 6.03. The average molecular weight is 333 g/mol. The van der Waals surface area contributed by atoms with Gasteiger partial charge in [-0.15, -0.1) is 0 Å². The Hall–Kier alpha value is -2.08. The molecule has 0 amide bonds. The molecule has 4 atom stereocenters. The van der Waals surface area contributed by atoms with E-state index in [1.165, 1.54) is 7.11 Å². The largest absolute Gasteiger partial charge is 0.493 e. The van der Waals surface area contributed by atoms with E-state index in [1.54, 1.807) is 6.92 Å². The summed E-state index contributed by atoms with van der Waals surface area (Å²) in [6.07, 6.45) is 0. The number of para-hydroxylation sites is 1. The van der Waals surface area contributed by atoms with Crippen LogP contribution in [-0.2, 0) is 19.1 Å². The standard InChI is InChI=1S/C18H23NO5/c1-4-19-15-11-8-6-7-9-13(11)24-10-12(15)14(17(20)22-3)16(19)18(21)23-5-2/h6-9,12,14-16H,4-5,10H2,1-3H3/t12-,14+,15-,16+/m0/s1. The number of methoxy groups -OCH3 is 1. The zero-order valence-electron chi connectivity index (χ0n) is 14.2. The Morgan fingerprint density at radius 3 is 2.67 bits per heavy atom. The lowest BCUT2D eigenvalue weighted by Gasteiger charge is -2.34. The lowest BCUT2D eigenvalue weighted by atomic mass is 9.83. The molecule has 1 saturated heterocycles. The molecule has 2 heterocycles. The van der Waals surface area contributed by atoms with E-state index in [0.29, 0.717) is 13.2 Å². The highest BCUT2D eigenvalue weighted by molar-refractivity contribution is 5.86. The summed E-state index contributed by atoms with van der Waals surface area (Å²) in [5.74, 6) is -0.678. The van der Waals surface area contributed by atoms with Crippen molar-refractivity contribution >= 4 is 11.9 Å². The van der Waals surface area contributed by atoms with Crippen LogP contribution >= 0.6 is 0 Å². The summed E-state index contributed by atoms with van der Waals surface area (Å²) in [6.45, 7) is 5.05. The first-order valence-electron chi connectivity index (χ1n) is 8.35. The summed E-state index contributed by atoms with van der Waals surface area (Å²) >= 11 is 0. The maximum Gasteiger partial charge on any atom is 0.324 e. The van der Waals surface area contributed by atoms with Crippen LogP contribution in [0.2, 0.25) is 0 Å². The molecular weight excluding hydrogens is 310 g/mol. The van der Waals surface area contributed by atoms with Gasteiger partial charge in [-0.2, -0.15) is 0 Å². The highest BCUT2D eigenvalue weighted by Crippen LogP contribution is 2.50. The number of ether oxygens (including phenoxy) is 3. The summed E-state index contributed by atoms with van der Waals surface area (Å²) < 4.78 is 16.1. The fraction of sp³-hybridized carbons (Fsp3) is 0.556. The zero-order chi connectivity index (χ0) is 17.3. The molecule has 0 saturated carbocycles. The van der Waals surface area contributed by atoms with Gasteiger partial charge < -0.3 is 14.2 Å². The maximum absolute atomic E-state index is 12.6. The minimum Gasteiger partial charge on any atom is -0.493 e. The molecule has 1 aromatic carbocycles. The SMILES string of the molecule is CCOC(=O)[C@H]1[C@H](C(=O)OC)[C@@H]2COc3ccccc3[C@@H]2N1CC. The molecular formula is C18H23NO5. The van der Waals surface area contributed by atoms with Crippen LogP contribution in [0.25, 0.3) is 0 Å². The average Bonchev–Trinajstić information content (AvgIpc) is 2.96. The molecule has 0 radical (unpaired) electrons. The van der Waals surface area contributed by atoms with Gasteiger partial charge >= 0.3 is 11.9 Å². The van der Waals surface area contributed by atoms with Crippen molar-refractivity contribution in [1.82, 2.24) is 4.90 Å². The Kier molecular flexibility index (Phi) is 4.76. The van der Waals surface area contributed by atoms with E-state index in [4.69, 9.17) is 14.2 Å². The molecule has 1 aromatic rings. The summed E-state index contributed by atoms with van der Waals surface area (Å²) in [6, 6.07) is 7.08. The number of esters is 2.